The quantitative estimate of drug-likeness (QED) is 0.0255. The van der Waals surface area contributed by atoms with Crippen LogP contribution in [0.1, 0.15) is 246 Å². The number of unbranched alkanes of at least 4 members (excludes halogenated alkanes) is 28. The summed E-state index contributed by atoms with van der Waals surface area (Å²) in [6.07, 6.45) is 35.1. The molecule has 0 aliphatic rings. The van der Waals surface area contributed by atoms with E-state index in [0.29, 0.717) is 12.8 Å². The summed E-state index contributed by atoms with van der Waals surface area (Å²) in [5.41, 5.74) is -7.41. The Morgan fingerprint density at radius 2 is 0.561 bits per heavy atom. The first-order valence-electron chi connectivity index (χ1n) is 24.0. The van der Waals surface area contributed by atoms with Gasteiger partial charge < -0.3 is 61.4 Å². The van der Waals surface area contributed by atoms with Gasteiger partial charge in [-0.3, -0.25) is 19.2 Å². The molecule has 0 amide bonds. The molecule has 18 heteroatoms. The molecule has 17 nitrogen and oxygen atoms in total. The number of carbonyl (C=O) groups is 7. The number of ketones is 2. The predicted molar refractivity (Wildman–Crippen MR) is 250 cm³/mol. The smallest absolute Gasteiger partial charge is 0.547 e. The van der Waals surface area contributed by atoms with Gasteiger partial charge in [0.05, 0.1) is 24.8 Å². The van der Waals surface area contributed by atoms with Crippen LogP contribution in [-0.4, -0.2) is 138 Å². The van der Waals surface area contributed by atoms with Crippen LogP contribution in [0.25, 0.3) is 0 Å². The van der Waals surface area contributed by atoms with Crippen molar-refractivity contribution in [3.63, 3.8) is 0 Å². The zero-order valence-electron chi connectivity index (χ0n) is 41.1. The molecule has 0 saturated carbocycles. The Morgan fingerprint density at radius 1 is 0.379 bits per heavy atom. The van der Waals surface area contributed by atoms with Crippen molar-refractivity contribution in [2.45, 2.75) is 263 Å². The van der Waals surface area contributed by atoms with Gasteiger partial charge in [0, 0.05) is 12.8 Å². The molecular weight excluding hydrogens is 889 g/mol. The predicted octanol–water partition coefficient (Wildman–Crippen LogP) is 5.36. The minimum absolute atomic E-state index is 0. The van der Waals surface area contributed by atoms with Crippen molar-refractivity contribution in [3.8, 4) is 0 Å². The van der Waals surface area contributed by atoms with Gasteiger partial charge in [-0.1, -0.05) is 194 Å². The number of hydrogen-bond donors (Lipinski definition) is 6. The second kappa shape index (κ2) is 47.8. The summed E-state index contributed by atoms with van der Waals surface area (Å²) < 4.78 is 0. The molecule has 0 bridgehead atoms. The summed E-state index contributed by atoms with van der Waals surface area (Å²) in [6.45, 7) is 6.49. The molecule has 0 radical (unpaired) electrons. The number of aliphatic hydroxyl groups is 3. The third-order valence-electron chi connectivity index (χ3n) is 11.2. The molecule has 0 rings (SSSR count). The number of carboxylic acid groups (broad SMARTS) is 5. The van der Waals surface area contributed by atoms with Crippen LogP contribution in [0.3, 0.4) is 0 Å². The Hall–Kier alpha value is -2.25. The molecule has 0 aliphatic carbocycles. The van der Waals surface area contributed by atoms with Crippen molar-refractivity contribution in [1.82, 2.24) is 0 Å². The maximum absolute atomic E-state index is 11.6. The minimum Gasteiger partial charge on any atom is -0.547 e. The molecule has 0 saturated heterocycles. The molecule has 386 valence electrons. The molecule has 10 N–H and O–H groups in total. The maximum atomic E-state index is 11.6. The van der Waals surface area contributed by atoms with Crippen LogP contribution in [0.4, 0.5) is 0 Å². The van der Waals surface area contributed by atoms with Crippen molar-refractivity contribution < 1.29 is 85.4 Å². The Kier molecular flexibility index (Phi) is 54.5. The van der Waals surface area contributed by atoms with Crippen LogP contribution in [0, 0.1) is 0 Å². The van der Waals surface area contributed by atoms with Gasteiger partial charge in [-0.15, -0.1) is 0 Å². The minimum atomic E-state index is -2.74. The van der Waals surface area contributed by atoms with Gasteiger partial charge in [0.2, 0.25) is 0 Å². The van der Waals surface area contributed by atoms with E-state index in [-0.39, 0.29) is 61.5 Å². The summed E-state index contributed by atoms with van der Waals surface area (Å²) in [7, 11) is 0. The van der Waals surface area contributed by atoms with E-state index in [2.05, 4.69) is 13.8 Å². The van der Waals surface area contributed by atoms with Gasteiger partial charge in [-0.05, 0) is 26.7 Å². The topological polar surface area (TPSA) is 350 Å². The summed E-state index contributed by atoms with van der Waals surface area (Å²) >= 11 is 0. The van der Waals surface area contributed by atoms with Crippen molar-refractivity contribution >= 4 is 79.2 Å². The fourth-order valence-electron chi connectivity index (χ4n) is 6.74. The number of carboxylic acids is 5. The normalized spacial score (nSPS) is 12.4. The zero-order chi connectivity index (χ0) is 48.6. The van der Waals surface area contributed by atoms with Crippen LogP contribution >= 0.6 is 0 Å². The molecule has 0 aromatic carbocycles. The van der Waals surface area contributed by atoms with Gasteiger partial charge in [-0.2, -0.15) is 0 Å². The van der Waals surface area contributed by atoms with Crippen LogP contribution in [0.2, 0.25) is 0 Å². The van der Waals surface area contributed by atoms with Crippen LogP contribution < -0.4 is 10.2 Å². The first-order valence-corrected chi connectivity index (χ1v) is 24.0. The number of aliphatic carboxylic acids is 5. The Labute approximate surface area is 424 Å². The van der Waals surface area contributed by atoms with Gasteiger partial charge in [-0.25, -0.2) is 4.79 Å². The largest absolute Gasteiger partial charge is 2.00 e. The second-order valence-corrected chi connectivity index (χ2v) is 17.4. The molecule has 66 heavy (non-hydrogen) atoms. The molecule has 2 unspecified atom stereocenters. The number of hydrogen-bond acceptors (Lipinski definition) is 12. The summed E-state index contributed by atoms with van der Waals surface area (Å²) in [5.74, 6) is -9.74. The Bertz CT molecular complexity index is 1170. The molecule has 0 spiro atoms. The van der Waals surface area contributed by atoms with E-state index in [1.54, 1.807) is 0 Å². The molecule has 0 fully saturated rings. The number of carbonyl (C=O) groups excluding carboxylic acids is 4. The van der Waals surface area contributed by atoms with Crippen LogP contribution in [0.5, 0.6) is 0 Å². The van der Waals surface area contributed by atoms with E-state index in [0.717, 1.165) is 39.5 Å². The van der Waals surface area contributed by atoms with E-state index < -0.39 is 71.1 Å². The van der Waals surface area contributed by atoms with E-state index in [1.165, 1.54) is 154 Å². The van der Waals surface area contributed by atoms with Crippen LogP contribution in [-0.2, 0) is 33.6 Å². The van der Waals surface area contributed by atoms with Gasteiger partial charge in [0.25, 0.3) is 0 Å². The van der Waals surface area contributed by atoms with Gasteiger partial charge in [0.1, 0.15) is 0 Å². The van der Waals surface area contributed by atoms with E-state index >= 15 is 0 Å². The molecule has 0 aromatic rings. The first kappa shape index (κ1) is 75.3. The van der Waals surface area contributed by atoms with Gasteiger partial charge >= 0.3 is 55.6 Å². The Balaban J connectivity index is -0.000000210. The fraction of sp³-hybridized carbons (Fsp3) is 0.854. The average Bonchev–Trinajstić information content (AvgIpc) is 3.20. The maximum Gasteiger partial charge on any atom is 2.00 e. The van der Waals surface area contributed by atoms with E-state index in [9.17, 15) is 54.0 Å². The third-order valence-corrected chi connectivity index (χ3v) is 11.2. The van der Waals surface area contributed by atoms with Crippen molar-refractivity contribution in [3.05, 3.63) is 0 Å². The fourth-order valence-corrected chi connectivity index (χ4v) is 6.74. The standard InChI is InChI=1S/2C21H40O4.C6H8O7.Ca.2H2O/c2*1-3-4-5-6-7-8-9-10-11-12-13-14-15-16-17-18-19(22)21(2,25)20(23)24;7-3(8)1-6(13,5(11)12)2-4(9)10;;;/h2*25H,3-18H2,1-2H3,(H,23,24);13H,1-2H2,(H,7,8)(H,9,10)(H,11,12);;2*1H2/q;;;+2;;/p-2. The summed E-state index contributed by atoms with van der Waals surface area (Å²) in [5, 5.41) is 74.0. The molecule has 0 aromatic heterocycles. The molecule has 2 atom stereocenters. The molecular formula is C48H90CaO17. The van der Waals surface area contributed by atoms with Crippen molar-refractivity contribution in [2.24, 2.45) is 0 Å². The van der Waals surface area contributed by atoms with E-state index in [1.807, 2.05) is 0 Å². The SMILES string of the molecule is CCCCCCCCCCCCCCCCCC(=O)C(C)(O)C(=O)[O-].CCCCCCCCCCCCCCCCCC(=O)C(C)(O)C(=O)[O-].O.O.O=C(O)CC(O)(CC(=O)O)C(=O)O.[Ca+2]. The first-order chi connectivity index (χ1) is 29.6. The third kappa shape index (κ3) is 44.3. The average molecular weight is 979 g/mol. The Morgan fingerprint density at radius 3 is 0.712 bits per heavy atom. The molecule has 0 heterocycles. The van der Waals surface area contributed by atoms with E-state index in [4.69, 9.17) is 20.4 Å². The zero-order valence-corrected chi connectivity index (χ0v) is 43.3. The summed E-state index contributed by atoms with van der Waals surface area (Å²) in [6, 6.07) is 0. The van der Waals surface area contributed by atoms with Crippen LogP contribution in [0.15, 0.2) is 0 Å². The van der Waals surface area contributed by atoms with Gasteiger partial charge in [0.15, 0.2) is 28.4 Å². The summed E-state index contributed by atoms with van der Waals surface area (Å²) in [4.78, 5) is 74.9. The van der Waals surface area contributed by atoms with Crippen molar-refractivity contribution in [1.29, 1.82) is 0 Å². The number of rotatable bonds is 41. The second-order valence-electron chi connectivity index (χ2n) is 17.4. The molecule has 0 aliphatic heterocycles. The van der Waals surface area contributed by atoms with Crippen molar-refractivity contribution in [2.75, 3.05) is 0 Å². The number of Topliss-reactive ketones (excluding diaryl/α,β-unsaturated/α-hetero) is 2. The monoisotopic (exact) mass is 979 g/mol.